The number of hydrogen-bond acceptors (Lipinski definition) is 5. The highest BCUT2D eigenvalue weighted by atomic mass is 35.5. The monoisotopic (exact) mass is 606 g/mol. The minimum absolute atomic E-state index is 0.0387. The molecule has 0 spiro atoms. The van der Waals surface area contributed by atoms with Gasteiger partial charge in [0.2, 0.25) is 0 Å². The highest BCUT2D eigenvalue weighted by Gasteiger charge is 2.79. The van der Waals surface area contributed by atoms with E-state index in [1.54, 1.807) is 26.0 Å². The third kappa shape index (κ3) is 6.02. The predicted octanol–water partition coefficient (Wildman–Crippen LogP) is 6.60. The first-order valence-corrected chi connectivity index (χ1v) is 13.7. The minimum Gasteiger partial charge on any atom is -0.353 e. The van der Waals surface area contributed by atoms with Gasteiger partial charge in [-0.2, -0.15) is 26.3 Å². The third-order valence-electron chi connectivity index (χ3n) is 7.83. The molecule has 4 heterocycles. The van der Waals surface area contributed by atoms with Crippen LogP contribution in [0.2, 0.25) is 0 Å². The number of quaternary nitrogens is 1. The van der Waals surface area contributed by atoms with Crippen LogP contribution in [0.4, 0.5) is 26.3 Å². The van der Waals surface area contributed by atoms with Gasteiger partial charge in [-0.05, 0) is 74.1 Å². The maximum atomic E-state index is 14.4. The Morgan fingerprint density at radius 3 is 2.12 bits per heavy atom. The molecule has 2 aliphatic rings. The first-order valence-electron chi connectivity index (χ1n) is 13.1. The van der Waals surface area contributed by atoms with E-state index in [1.807, 2.05) is 0 Å². The number of rotatable bonds is 8. The minimum atomic E-state index is -5.94. The Kier molecular flexibility index (Phi) is 9.18. The number of pyridine rings is 2. The smallest absolute Gasteiger partial charge is 0.353 e. The maximum absolute atomic E-state index is 14.4. The number of hydrogen-bond donors (Lipinski definition) is 0. The first-order chi connectivity index (χ1) is 19.3. The molecule has 13 heteroatoms. The van der Waals surface area contributed by atoms with Crippen LogP contribution < -0.4 is 0 Å². The molecule has 6 nitrogen and oxygen atoms in total. The molecule has 2 aromatic rings. The van der Waals surface area contributed by atoms with Gasteiger partial charge in [-0.1, -0.05) is 0 Å². The summed E-state index contributed by atoms with van der Waals surface area (Å²) in [5, 5.41) is 0. The van der Waals surface area contributed by atoms with Crippen molar-refractivity contribution in [3.8, 4) is 0 Å². The molecular weight excluding hydrogens is 576 g/mol. The third-order valence-corrected chi connectivity index (χ3v) is 8.10. The molecular formula is C28H31ClF6N3O3+. The Morgan fingerprint density at radius 2 is 1.59 bits per heavy atom. The molecule has 0 saturated carbocycles. The predicted molar refractivity (Wildman–Crippen MR) is 137 cm³/mol. The molecule has 0 bridgehead atoms. The second-order valence-corrected chi connectivity index (χ2v) is 10.8. The van der Waals surface area contributed by atoms with E-state index in [4.69, 9.17) is 21.1 Å². The lowest BCUT2D eigenvalue weighted by molar-refractivity contribution is -0.882. The first kappa shape index (κ1) is 31.4. The number of ether oxygens (including phenoxy) is 2. The molecule has 4 rings (SSSR count). The molecule has 2 aliphatic heterocycles. The molecule has 2 unspecified atom stereocenters. The largest absolute Gasteiger partial charge is 0.419 e. The summed E-state index contributed by atoms with van der Waals surface area (Å²) in [5.74, 6) is -2.14. The van der Waals surface area contributed by atoms with Crippen molar-refractivity contribution in [2.75, 3.05) is 13.2 Å². The molecule has 2 atom stereocenters. The van der Waals surface area contributed by atoms with Gasteiger partial charge in [-0.25, -0.2) is 9.28 Å². The van der Waals surface area contributed by atoms with E-state index in [-0.39, 0.29) is 30.0 Å². The normalized spacial score (nSPS) is 23.1. The van der Waals surface area contributed by atoms with Gasteiger partial charge in [0.15, 0.2) is 6.29 Å². The Hall–Kier alpha value is -2.54. The van der Waals surface area contributed by atoms with Crippen LogP contribution in [-0.2, 0) is 39.8 Å². The van der Waals surface area contributed by atoms with Crippen molar-refractivity contribution in [3.05, 3.63) is 70.3 Å². The van der Waals surface area contributed by atoms with Crippen molar-refractivity contribution < 1.29 is 45.1 Å². The number of carbonyl (C=O) groups excluding carboxylic acids is 1. The van der Waals surface area contributed by atoms with Gasteiger partial charge in [-0.3, -0.25) is 9.97 Å². The van der Waals surface area contributed by atoms with Crippen molar-refractivity contribution in [1.82, 2.24) is 9.97 Å². The van der Waals surface area contributed by atoms with Crippen molar-refractivity contribution in [3.63, 3.8) is 0 Å². The highest BCUT2D eigenvalue weighted by Crippen LogP contribution is 2.55. The Morgan fingerprint density at radius 1 is 1.00 bits per heavy atom. The molecule has 224 valence electrons. The van der Waals surface area contributed by atoms with Crippen molar-refractivity contribution in [2.24, 2.45) is 5.41 Å². The fourth-order valence-electron chi connectivity index (χ4n) is 5.42. The second-order valence-electron chi connectivity index (χ2n) is 10.5. The lowest BCUT2D eigenvalue weighted by atomic mass is 9.80. The summed E-state index contributed by atoms with van der Waals surface area (Å²) in [6, 6.07) is 3.29. The van der Waals surface area contributed by atoms with E-state index in [2.05, 4.69) is 9.97 Å². The average molecular weight is 607 g/mol. The van der Waals surface area contributed by atoms with Gasteiger partial charge in [0, 0.05) is 30.4 Å². The van der Waals surface area contributed by atoms with Crippen molar-refractivity contribution in [2.45, 2.75) is 77.3 Å². The molecule has 0 N–H and O–H groups in total. The van der Waals surface area contributed by atoms with Crippen molar-refractivity contribution in [1.29, 1.82) is 0 Å². The topological polar surface area (TPSA) is 61.3 Å². The summed E-state index contributed by atoms with van der Waals surface area (Å²) in [6.07, 6.45) is -6.43. The van der Waals surface area contributed by atoms with Crippen molar-refractivity contribution >= 4 is 17.5 Å². The number of alkyl halides is 7. The summed E-state index contributed by atoms with van der Waals surface area (Å²) < 4.78 is 96.4. The molecule has 2 aromatic heterocycles. The average Bonchev–Trinajstić information content (AvgIpc) is 2.89. The molecule has 41 heavy (non-hydrogen) atoms. The molecule has 1 amide bonds. The number of aryl methyl sites for hydroxylation is 2. The van der Waals surface area contributed by atoms with Crippen LogP contribution in [0.25, 0.3) is 0 Å². The zero-order valence-electron chi connectivity index (χ0n) is 22.6. The van der Waals surface area contributed by atoms with Gasteiger partial charge in [0.1, 0.15) is 25.3 Å². The molecule has 1 fully saturated rings. The number of halogens is 7. The van der Waals surface area contributed by atoms with Crippen LogP contribution in [0.15, 0.2) is 36.7 Å². The summed E-state index contributed by atoms with van der Waals surface area (Å²) in [4.78, 5) is 22.5. The molecule has 0 aliphatic carbocycles. The van der Waals surface area contributed by atoms with E-state index in [0.29, 0.717) is 35.3 Å². The lowest BCUT2D eigenvalue weighted by Crippen LogP contribution is -2.68. The maximum Gasteiger partial charge on any atom is 0.419 e. The fourth-order valence-corrected chi connectivity index (χ4v) is 5.78. The Bertz CT molecular complexity index is 1280. The van der Waals surface area contributed by atoms with Crippen LogP contribution in [0.3, 0.4) is 0 Å². The van der Waals surface area contributed by atoms with E-state index < -0.39 is 54.1 Å². The molecule has 0 radical (unpaired) electrons. The van der Waals surface area contributed by atoms with E-state index in [0.717, 1.165) is 18.9 Å². The van der Waals surface area contributed by atoms with Crippen LogP contribution in [0, 0.1) is 19.3 Å². The molecule has 1 saturated heterocycles. The SMILES string of the molecule is Cc1ccnc(C[N+]2(Cc3nccc(C)c3COC3CCCCO3)CC=CC(C(F)(F)F)(C(F)(F)F)C2=O)c1CCl. The lowest BCUT2D eigenvalue weighted by Gasteiger charge is -2.45. The zero-order valence-corrected chi connectivity index (χ0v) is 23.4. The number of aromatic nitrogens is 2. The standard InChI is InChI=1S/C28H31ClF6N3O3/c1-18-7-10-36-22(20(18)14-29)15-38(12-5-9-26(25(38)39,27(30,31)32)28(33,34)35)16-23-21(19(2)8-11-37-23)17-41-24-6-3-4-13-40-24/h5,7-11,24H,3-4,6,12-17H2,1-2H3/q+1. The zero-order chi connectivity index (χ0) is 30.1. The summed E-state index contributed by atoms with van der Waals surface area (Å²) in [6.45, 7) is 2.37. The van der Waals surface area contributed by atoms with Crippen LogP contribution in [0.5, 0.6) is 0 Å². The van der Waals surface area contributed by atoms with Gasteiger partial charge in [-0.15, -0.1) is 11.6 Å². The van der Waals surface area contributed by atoms with Gasteiger partial charge >= 0.3 is 18.3 Å². The van der Waals surface area contributed by atoms with Crippen LogP contribution in [0.1, 0.15) is 52.9 Å². The molecule has 0 aromatic carbocycles. The Labute approximate surface area is 238 Å². The highest BCUT2D eigenvalue weighted by molar-refractivity contribution is 6.17. The quantitative estimate of drug-likeness (QED) is 0.147. The fraction of sp³-hybridized carbons (Fsp3) is 0.536. The Balaban J connectivity index is 1.84. The van der Waals surface area contributed by atoms with E-state index in [1.165, 1.54) is 12.4 Å². The van der Waals surface area contributed by atoms with E-state index >= 15 is 0 Å². The van der Waals surface area contributed by atoms with Gasteiger partial charge in [0.25, 0.3) is 5.41 Å². The summed E-state index contributed by atoms with van der Waals surface area (Å²) in [5.41, 5.74) is -2.19. The van der Waals surface area contributed by atoms with Crippen LogP contribution >= 0.6 is 11.6 Å². The summed E-state index contributed by atoms with van der Waals surface area (Å²) >= 11 is 6.11. The summed E-state index contributed by atoms with van der Waals surface area (Å²) in [7, 11) is 0. The van der Waals surface area contributed by atoms with Gasteiger partial charge in [0.05, 0.1) is 12.3 Å². The van der Waals surface area contributed by atoms with E-state index in [9.17, 15) is 31.1 Å². The number of nitrogens with zero attached hydrogens (tertiary/aromatic N) is 3. The van der Waals surface area contributed by atoms with Crippen LogP contribution in [-0.4, -0.2) is 52.2 Å². The number of amides is 1. The second kappa shape index (κ2) is 12.0. The van der Waals surface area contributed by atoms with Gasteiger partial charge < -0.3 is 9.47 Å². The number of carbonyl (C=O) groups is 1.